The topological polar surface area (TPSA) is 58.2 Å². The summed E-state index contributed by atoms with van der Waals surface area (Å²) in [5.74, 6) is -0.336. The van der Waals surface area contributed by atoms with Crippen molar-refractivity contribution >= 4 is 39.3 Å². The van der Waals surface area contributed by atoms with E-state index in [1.54, 1.807) is 30.3 Å². The number of carbonyl (C=O) groups is 2. The number of hydrogen-bond donors (Lipinski definition) is 2. The number of halogens is 2. The van der Waals surface area contributed by atoms with Crippen LogP contribution in [0.4, 0.5) is 0 Å². The van der Waals surface area contributed by atoms with E-state index >= 15 is 0 Å². The Morgan fingerprint density at radius 1 is 1.00 bits per heavy atom. The van der Waals surface area contributed by atoms with E-state index in [-0.39, 0.29) is 24.8 Å². The highest BCUT2D eigenvalue weighted by molar-refractivity contribution is 9.10. The first-order valence-electron chi connectivity index (χ1n) is 7.10. The van der Waals surface area contributed by atoms with Gasteiger partial charge in [-0.15, -0.1) is 0 Å². The summed E-state index contributed by atoms with van der Waals surface area (Å²) in [6, 6.07) is 14.4. The molecule has 2 rings (SSSR count). The summed E-state index contributed by atoms with van der Waals surface area (Å²) >= 11 is 9.33. The summed E-state index contributed by atoms with van der Waals surface area (Å²) < 4.78 is 0.910. The van der Waals surface area contributed by atoms with Crippen LogP contribution in [-0.2, 0) is 11.3 Å². The highest BCUT2D eigenvalue weighted by atomic mass is 79.9. The minimum atomic E-state index is -0.198. The fourth-order valence-corrected chi connectivity index (χ4v) is 2.38. The van der Waals surface area contributed by atoms with Crippen LogP contribution >= 0.6 is 27.5 Å². The summed E-state index contributed by atoms with van der Waals surface area (Å²) in [5, 5.41) is 6.12. The van der Waals surface area contributed by atoms with Gasteiger partial charge in [0.15, 0.2) is 0 Å². The lowest BCUT2D eigenvalue weighted by Gasteiger charge is -2.08. The molecule has 2 aromatic carbocycles. The largest absolute Gasteiger partial charge is 0.352 e. The number of rotatable bonds is 6. The van der Waals surface area contributed by atoms with E-state index in [1.807, 2.05) is 18.2 Å². The smallest absolute Gasteiger partial charge is 0.251 e. The highest BCUT2D eigenvalue weighted by Crippen LogP contribution is 2.14. The molecule has 0 aromatic heterocycles. The first-order valence-corrected chi connectivity index (χ1v) is 8.27. The number of hydrogen-bond acceptors (Lipinski definition) is 2. The molecular formula is C17H16BrClN2O2. The van der Waals surface area contributed by atoms with Gasteiger partial charge in [0.25, 0.3) is 5.91 Å². The van der Waals surface area contributed by atoms with Crippen molar-refractivity contribution in [3.63, 3.8) is 0 Å². The molecule has 0 atom stereocenters. The van der Waals surface area contributed by atoms with Crippen molar-refractivity contribution in [1.29, 1.82) is 0 Å². The summed E-state index contributed by atoms with van der Waals surface area (Å²) in [6.07, 6.45) is 0.215. The first-order chi connectivity index (χ1) is 11.1. The zero-order valence-electron chi connectivity index (χ0n) is 12.3. The van der Waals surface area contributed by atoms with E-state index < -0.39 is 0 Å². The van der Waals surface area contributed by atoms with E-state index in [0.717, 1.165) is 10.0 Å². The van der Waals surface area contributed by atoms with Crippen LogP contribution in [0.2, 0.25) is 5.02 Å². The molecular weight excluding hydrogens is 380 g/mol. The van der Waals surface area contributed by atoms with E-state index in [4.69, 9.17) is 11.6 Å². The van der Waals surface area contributed by atoms with Crippen molar-refractivity contribution in [3.05, 3.63) is 69.2 Å². The zero-order valence-corrected chi connectivity index (χ0v) is 14.7. The predicted octanol–water partition coefficient (Wildman–Crippen LogP) is 3.54. The van der Waals surface area contributed by atoms with Crippen LogP contribution in [0, 0.1) is 0 Å². The minimum Gasteiger partial charge on any atom is -0.352 e. The lowest BCUT2D eigenvalue weighted by atomic mass is 10.2. The van der Waals surface area contributed by atoms with Crippen LogP contribution in [0.25, 0.3) is 0 Å². The Balaban J connectivity index is 1.71. The van der Waals surface area contributed by atoms with Gasteiger partial charge in [-0.2, -0.15) is 0 Å². The Morgan fingerprint density at radius 3 is 2.39 bits per heavy atom. The molecule has 2 aromatic rings. The molecule has 0 saturated carbocycles. The number of carbonyl (C=O) groups excluding carboxylic acids is 2. The molecule has 0 unspecified atom stereocenters. The van der Waals surface area contributed by atoms with Gasteiger partial charge in [-0.3, -0.25) is 9.59 Å². The Morgan fingerprint density at radius 2 is 1.70 bits per heavy atom. The molecule has 0 aliphatic rings. The molecule has 0 aliphatic carbocycles. The third kappa shape index (κ3) is 5.69. The maximum absolute atomic E-state index is 11.9. The standard InChI is InChI=1S/C17H16BrClN2O2/c18-14-7-5-12(6-8-14)17(23)20-10-9-16(22)21-11-13-3-1-2-4-15(13)19/h1-8H,9-11H2,(H,20,23)(H,21,22). The maximum Gasteiger partial charge on any atom is 0.251 e. The second kappa shape index (κ2) is 8.70. The third-order valence-corrected chi connectivity index (χ3v) is 4.08. The quantitative estimate of drug-likeness (QED) is 0.786. The fourth-order valence-electron chi connectivity index (χ4n) is 1.92. The van der Waals surface area contributed by atoms with E-state index in [9.17, 15) is 9.59 Å². The van der Waals surface area contributed by atoms with Crippen LogP contribution in [0.5, 0.6) is 0 Å². The van der Waals surface area contributed by atoms with Gasteiger partial charge in [-0.1, -0.05) is 45.7 Å². The fraction of sp³-hybridized carbons (Fsp3) is 0.176. The third-order valence-electron chi connectivity index (χ3n) is 3.18. The number of amides is 2. The van der Waals surface area contributed by atoms with E-state index in [0.29, 0.717) is 17.1 Å². The molecule has 2 N–H and O–H groups in total. The molecule has 23 heavy (non-hydrogen) atoms. The van der Waals surface area contributed by atoms with Crippen LogP contribution in [0.15, 0.2) is 53.0 Å². The van der Waals surface area contributed by atoms with Crippen molar-refractivity contribution in [2.24, 2.45) is 0 Å². The first kappa shape index (κ1) is 17.5. The molecule has 0 aliphatic heterocycles. The average Bonchev–Trinajstić information content (AvgIpc) is 2.54. The van der Waals surface area contributed by atoms with Crippen LogP contribution < -0.4 is 10.6 Å². The lowest BCUT2D eigenvalue weighted by molar-refractivity contribution is -0.121. The van der Waals surface area contributed by atoms with Gasteiger partial charge < -0.3 is 10.6 Å². The van der Waals surface area contributed by atoms with Crippen LogP contribution in [0.1, 0.15) is 22.3 Å². The molecule has 0 radical (unpaired) electrons. The molecule has 6 heteroatoms. The summed E-state index contributed by atoms with van der Waals surface area (Å²) in [7, 11) is 0. The van der Waals surface area contributed by atoms with Gasteiger partial charge in [0.1, 0.15) is 0 Å². The molecule has 0 fully saturated rings. The predicted molar refractivity (Wildman–Crippen MR) is 94.4 cm³/mol. The van der Waals surface area contributed by atoms with Crippen molar-refractivity contribution in [1.82, 2.24) is 10.6 Å². The van der Waals surface area contributed by atoms with Crippen molar-refractivity contribution in [2.75, 3.05) is 6.54 Å². The lowest BCUT2D eigenvalue weighted by Crippen LogP contribution is -2.30. The second-order valence-electron chi connectivity index (χ2n) is 4.88. The van der Waals surface area contributed by atoms with Crippen LogP contribution in [-0.4, -0.2) is 18.4 Å². The Kier molecular flexibility index (Phi) is 6.62. The summed E-state index contributed by atoms with van der Waals surface area (Å²) in [4.78, 5) is 23.7. The average molecular weight is 396 g/mol. The molecule has 4 nitrogen and oxygen atoms in total. The second-order valence-corrected chi connectivity index (χ2v) is 6.20. The zero-order chi connectivity index (χ0) is 16.7. The van der Waals surface area contributed by atoms with Crippen molar-refractivity contribution < 1.29 is 9.59 Å². The van der Waals surface area contributed by atoms with E-state index in [2.05, 4.69) is 26.6 Å². The summed E-state index contributed by atoms with van der Waals surface area (Å²) in [6.45, 7) is 0.655. The normalized spacial score (nSPS) is 10.2. The van der Waals surface area contributed by atoms with Gasteiger partial charge in [-0.05, 0) is 35.9 Å². The number of benzene rings is 2. The van der Waals surface area contributed by atoms with Gasteiger partial charge in [0.2, 0.25) is 5.91 Å². The van der Waals surface area contributed by atoms with Gasteiger partial charge in [-0.25, -0.2) is 0 Å². The molecule has 120 valence electrons. The molecule has 0 bridgehead atoms. The summed E-state index contributed by atoms with van der Waals surface area (Å²) in [5.41, 5.74) is 1.42. The molecule has 2 amide bonds. The Hall–Kier alpha value is -1.85. The van der Waals surface area contributed by atoms with Gasteiger partial charge in [0.05, 0.1) is 0 Å². The van der Waals surface area contributed by atoms with Crippen molar-refractivity contribution in [2.45, 2.75) is 13.0 Å². The van der Waals surface area contributed by atoms with Gasteiger partial charge in [0, 0.05) is 34.6 Å². The van der Waals surface area contributed by atoms with Crippen molar-refractivity contribution in [3.8, 4) is 0 Å². The SMILES string of the molecule is O=C(CCNC(=O)c1ccc(Br)cc1)NCc1ccccc1Cl. The Bertz CT molecular complexity index is 689. The molecule has 0 heterocycles. The monoisotopic (exact) mass is 394 g/mol. The molecule has 0 spiro atoms. The number of nitrogens with one attached hydrogen (secondary N) is 2. The maximum atomic E-state index is 11.9. The van der Waals surface area contributed by atoms with E-state index in [1.165, 1.54) is 0 Å². The Labute approximate surface area is 148 Å². The highest BCUT2D eigenvalue weighted by Gasteiger charge is 2.07. The van der Waals surface area contributed by atoms with Crippen LogP contribution in [0.3, 0.4) is 0 Å². The van der Waals surface area contributed by atoms with Gasteiger partial charge >= 0.3 is 0 Å². The molecule has 0 saturated heterocycles. The minimum absolute atomic E-state index is 0.138.